The summed E-state index contributed by atoms with van der Waals surface area (Å²) in [5, 5.41) is 24.5. The van der Waals surface area contributed by atoms with Crippen LogP contribution >= 0.6 is 0 Å². The van der Waals surface area contributed by atoms with Gasteiger partial charge in [0.15, 0.2) is 0 Å². The molecule has 0 saturated heterocycles. The van der Waals surface area contributed by atoms with Crippen molar-refractivity contribution in [2.45, 2.75) is 13.8 Å². The van der Waals surface area contributed by atoms with Gasteiger partial charge in [0.25, 0.3) is 0 Å². The lowest BCUT2D eigenvalue weighted by atomic mass is 10.0. The van der Waals surface area contributed by atoms with E-state index in [0.717, 1.165) is 28.1 Å². The van der Waals surface area contributed by atoms with Crippen LogP contribution in [0.3, 0.4) is 0 Å². The van der Waals surface area contributed by atoms with Crippen LogP contribution < -0.4 is 16.4 Å². The average Bonchev–Trinajstić information content (AvgIpc) is 2.86. The maximum absolute atomic E-state index is 9.02. The van der Waals surface area contributed by atoms with E-state index >= 15 is 0 Å². The third-order valence-corrected chi connectivity index (χ3v) is 5.30. The molecule has 170 valence electrons. The van der Waals surface area contributed by atoms with Crippen LogP contribution in [0.2, 0.25) is 0 Å². The fourth-order valence-corrected chi connectivity index (χ4v) is 3.65. The normalized spacial score (nSPS) is 10.5. The maximum atomic E-state index is 9.02. The Labute approximate surface area is 203 Å². The zero-order valence-corrected chi connectivity index (χ0v) is 19.2. The Morgan fingerprint density at radius 1 is 0.971 bits per heavy atom. The molecular weight excluding hydrogens is 436 g/mol. The van der Waals surface area contributed by atoms with Crippen molar-refractivity contribution in [2.24, 2.45) is 0 Å². The van der Waals surface area contributed by atoms with Gasteiger partial charge >= 0.3 is 0 Å². The van der Waals surface area contributed by atoms with Crippen LogP contribution in [0, 0.1) is 36.5 Å². The van der Waals surface area contributed by atoms with E-state index in [1.54, 1.807) is 54.9 Å². The van der Waals surface area contributed by atoms with Crippen LogP contribution in [0.4, 0.5) is 28.8 Å². The third-order valence-electron chi connectivity index (χ3n) is 5.30. The van der Waals surface area contributed by atoms with Crippen LogP contribution in [0.25, 0.3) is 17.3 Å². The van der Waals surface area contributed by atoms with Gasteiger partial charge in [0.1, 0.15) is 5.82 Å². The molecule has 4 aromatic rings. The molecule has 0 aliphatic carbocycles. The zero-order chi connectivity index (χ0) is 24.8. The molecule has 0 atom stereocenters. The van der Waals surface area contributed by atoms with Crippen molar-refractivity contribution >= 4 is 34.9 Å². The van der Waals surface area contributed by atoms with Gasteiger partial charge in [-0.2, -0.15) is 15.5 Å². The molecule has 0 unspecified atom stereocenters. The maximum Gasteiger partial charge on any atom is 0.229 e. The van der Waals surface area contributed by atoms with E-state index in [2.05, 4.69) is 26.7 Å². The summed E-state index contributed by atoms with van der Waals surface area (Å²) < 4.78 is 0. The van der Waals surface area contributed by atoms with Gasteiger partial charge in [-0.3, -0.25) is 4.98 Å². The van der Waals surface area contributed by atoms with Gasteiger partial charge in [0.2, 0.25) is 5.95 Å². The summed E-state index contributed by atoms with van der Waals surface area (Å²) in [5.74, 6) is 0.910. The Morgan fingerprint density at radius 2 is 1.71 bits per heavy atom. The van der Waals surface area contributed by atoms with E-state index in [1.807, 2.05) is 32.0 Å². The Hall–Kier alpha value is -5.21. The molecule has 4 rings (SSSR count). The molecule has 8 nitrogen and oxygen atoms in total. The van der Waals surface area contributed by atoms with Crippen LogP contribution in [0.5, 0.6) is 0 Å². The van der Waals surface area contributed by atoms with Gasteiger partial charge in [-0.1, -0.05) is 0 Å². The second-order valence-electron chi connectivity index (χ2n) is 7.83. The molecule has 0 bridgehead atoms. The highest BCUT2D eigenvalue weighted by Gasteiger charge is 2.16. The van der Waals surface area contributed by atoms with Crippen LogP contribution in [-0.4, -0.2) is 15.0 Å². The van der Waals surface area contributed by atoms with Crippen molar-refractivity contribution in [2.75, 3.05) is 16.4 Å². The van der Waals surface area contributed by atoms with E-state index in [9.17, 15) is 0 Å². The van der Waals surface area contributed by atoms with Crippen molar-refractivity contribution in [1.29, 1.82) is 10.5 Å². The third kappa shape index (κ3) is 5.24. The summed E-state index contributed by atoms with van der Waals surface area (Å²) in [5.41, 5.74) is 13.1. The van der Waals surface area contributed by atoms with Gasteiger partial charge in [0, 0.05) is 29.8 Å². The number of nitrogens with two attached hydrogens (primary N) is 1. The number of nitriles is 2. The molecule has 0 saturated carbocycles. The fourth-order valence-electron chi connectivity index (χ4n) is 3.65. The summed E-state index contributed by atoms with van der Waals surface area (Å²) in [6.45, 7) is 3.98. The van der Waals surface area contributed by atoms with Crippen LogP contribution in [0.15, 0.2) is 67.0 Å². The quantitative estimate of drug-likeness (QED) is 0.316. The first-order chi connectivity index (χ1) is 17.0. The van der Waals surface area contributed by atoms with Gasteiger partial charge < -0.3 is 16.4 Å². The molecule has 0 spiro atoms. The van der Waals surface area contributed by atoms with E-state index in [4.69, 9.17) is 21.2 Å². The Kier molecular flexibility index (Phi) is 6.66. The SMILES string of the molecule is Cc1cc(/C=C/C#N)cc(C)c1Nc1nc(Nc2ccc(C#N)cc2)ncc1-c1ncccc1N. The van der Waals surface area contributed by atoms with E-state index in [-0.39, 0.29) is 0 Å². The number of nitrogens with zero attached hydrogens (tertiary/aromatic N) is 5. The molecule has 2 aromatic heterocycles. The lowest BCUT2D eigenvalue weighted by Gasteiger charge is -2.17. The fraction of sp³-hybridized carbons (Fsp3) is 0.0741. The first kappa shape index (κ1) is 23.0. The van der Waals surface area contributed by atoms with Crippen LogP contribution in [0.1, 0.15) is 22.3 Å². The minimum atomic E-state index is 0.374. The number of pyridine rings is 1. The lowest BCUT2D eigenvalue weighted by Crippen LogP contribution is -2.06. The summed E-state index contributed by atoms with van der Waals surface area (Å²) in [6, 6.07) is 18.7. The highest BCUT2D eigenvalue weighted by atomic mass is 15.1. The highest BCUT2D eigenvalue weighted by Crippen LogP contribution is 2.34. The van der Waals surface area contributed by atoms with Crippen molar-refractivity contribution in [3.8, 4) is 23.4 Å². The summed E-state index contributed by atoms with van der Waals surface area (Å²) in [4.78, 5) is 13.6. The molecule has 0 radical (unpaired) electrons. The molecule has 8 heteroatoms. The second kappa shape index (κ2) is 10.2. The molecule has 0 fully saturated rings. The largest absolute Gasteiger partial charge is 0.397 e. The van der Waals surface area contributed by atoms with Gasteiger partial charge in [-0.15, -0.1) is 0 Å². The molecule has 35 heavy (non-hydrogen) atoms. The number of aromatic nitrogens is 3. The summed E-state index contributed by atoms with van der Waals surface area (Å²) in [6.07, 6.45) is 6.57. The van der Waals surface area contributed by atoms with Gasteiger partial charge in [0.05, 0.1) is 34.6 Å². The average molecular weight is 459 g/mol. The zero-order valence-electron chi connectivity index (χ0n) is 19.2. The van der Waals surface area contributed by atoms with Crippen molar-refractivity contribution < 1.29 is 0 Å². The monoisotopic (exact) mass is 458 g/mol. The Morgan fingerprint density at radius 3 is 2.37 bits per heavy atom. The predicted octanol–water partition coefficient (Wildman–Crippen LogP) is 5.63. The minimum Gasteiger partial charge on any atom is -0.397 e. The Balaban J connectivity index is 1.76. The molecular formula is C27H22N8. The Bertz CT molecular complexity index is 1470. The van der Waals surface area contributed by atoms with E-state index in [1.165, 1.54) is 6.08 Å². The summed E-state index contributed by atoms with van der Waals surface area (Å²) >= 11 is 0. The number of hydrogen-bond donors (Lipinski definition) is 3. The molecule has 0 amide bonds. The second-order valence-corrected chi connectivity index (χ2v) is 7.83. The topological polar surface area (TPSA) is 136 Å². The minimum absolute atomic E-state index is 0.374. The van der Waals surface area contributed by atoms with Gasteiger partial charge in [-0.05, 0) is 85.1 Å². The number of aryl methyl sites for hydroxylation is 2. The molecule has 0 aliphatic heterocycles. The molecule has 4 N–H and O–H groups in total. The molecule has 2 aromatic carbocycles. The number of rotatable bonds is 6. The summed E-state index contributed by atoms with van der Waals surface area (Å²) in [7, 11) is 0. The molecule has 0 aliphatic rings. The number of benzene rings is 2. The van der Waals surface area contributed by atoms with Gasteiger partial charge in [-0.25, -0.2) is 4.98 Å². The number of nitrogens with one attached hydrogen (secondary N) is 2. The first-order valence-electron chi connectivity index (χ1n) is 10.8. The number of hydrogen-bond acceptors (Lipinski definition) is 8. The first-order valence-corrected chi connectivity index (χ1v) is 10.8. The van der Waals surface area contributed by atoms with Crippen LogP contribution in [-0.2, 0) is 0 Å². The predicted molar refractivity (Wildman–Crippen MR) is 138 cm³/mol. The van der Waals surface area contributed by atoms with E-state index < -0.39 is 0 Å². The highest BCUT2D eigenvalue weighted by molar-refractivity contribution is 5.84. The molecule has 2 heterocycles. The number of anilines is 5. The lowest BCUT2D eigenvalue weighted by molar-refractivity contribution is 1.15. The smallest absolute Gasteiger partial charge is 0.229 e. The van der Waals surface area contributed by atoms with Crippen molar-refractivity contribution in [3.63, 3.8) is 0 Å². The number of nitrogen functional groups attached to an aromatic ring is 1. The van der Waals surface area contributed by atoms with Crippen molar-refractivity contribution in [1.82, 2.24) is 15.0 Å². The van der Waals surface area contributed by atoms with Crippen molar-refractivity contribution in [3.05, 3.63) is 89.3 Å². The standard InChI is InChI=1S/C27H22N8/c1-17-13-20(5-3-11-28)14-18(2)24(17)34-26-22(25-23(30)6-4-12-31-25)16-32-27(35-26)33-21-9-7-19(15-29)8-10-21/h3-10,12-14,16H,30H2,1-2H3,(H2,32,33,34,35)/b5-3+. The number of allylic oxidation sites excluding steroid dienone is 1. The van der Waals surface area contributed by atoms with E-state index in [0.29, 0.717) is 34.3 Å².